The van der Waals surface area contributed by atoms with Crippen molar-refractivity contribution >= 4 is 16.6 Å². The Balaban J connectivity index is 1.64. The number of benzene rings is 1. The molecule has 0 aromatic heterocycles. The van der Waals surface area contributed by atoms with Gasteiger partial charge >= 0.3 is 0 Å². The molecule has 0 aliphatic heterocycles. The first-order valence-corrected chi connectivity index (χ1v) is 26.6. The highest BCUT2D eigenvalue weighted by molar-refractivity contribution is 6.74. The van der Waals surface area contributed by atoms with E-state index < -0.39 is 22.2 Å². The predicted octanol–water partition coefficient (Wildman–Crippen LogP) is 13.6. The summed E-state index contributed by atoms with van der Waals surface area (Å²) in [4.78, 5) is 0. The fourth-order valence-electron chi connectivity index (χ4n) is 9.02. The van der Waals surface area contributed by atoms with E-state index in [-0.39, 0.29) is 27.7 Å². The number of rotatable bonds is 13. The number of allylic oxidation sites excluding steroid dienone is 4. The minimum absolute atomic E-state index is 0.00485. The highest BCUT2D eigenvalue weighted by Gasteiger charge is 2.52. The molecule has 298 valence electrons. The van der Waals surface area contributed by atoms with Crippen LogP contribution in [0.2, 0.25) is 36.3 Å². The van der Waals surface area contributed by atoms with Gasteiger partial charge in [-0.15, -0.1) is 0 Å². The molecule has 0 spiro atoms. The normalized spacial score (nSPS) is 29.2. The maximum absolute atomic E-state index is 7.15. The molecule has 0 unspecified atom stereocenters. The first-order valence-electron chi connectivity index (χ1n) is 20.7. The molecule has 3 aliphatic carbocycles. The molecular formula is C47H78O4Si2. The van der Waals surface area contributed by atoms with Gasteiger partial charge in [-0.05, 0) is 129 Å². The van der Waals surface area contributed by atoms with E-state index >= 15 is 0 Å². The third-order valence-electron chi connectivity index (χ3n) is 14.4. The Morgan fingerprint density at radius 3 is 2.13 bits per heavy atom. The second kappa shape index (κ2) is 16.9. The summed E-state index contributed by atoms with van der Waals surface area (Å²) in [5.74, 6) is 2.06. The van der Waals surface area contributed by atoms with Gasteiger partial charge < -0.3 is 18.3 Å². The lowest BCUT2D eigenvalue weighted by Gasteiger charge is -2.46. The topological polar surface area (TPSA) is 36.9 Å². The van der Waals surface area contributed by atoms with Gasteiger partial charge in [0, 0.05) is 19.4 Å². The van der Waals surface area contributed by atoms with Crippen molar-refractivity contribution in [2.45, 2.75) is 174 Å². The molecule has 0 radical (unpaired) electrons. The van der Waals surface area contributed by atoms with Crippen LogP contribution in [0.4, 0.5) is 0 Å². The highest BCUT2D eigenvalue weighted by atomic mass is 28.4. The van der Waals surface area contributed by atoms with Gasteiger partial charge in [0.15, 0.2) is 16.6 Å². The van der Waals surface area contributed by atoms with Crippen molar-refractivity contribution in [3.8, 4) is 0 Å². The number of fused-ring (bicyclic) bond motifs is 1. The zero-order chi connectivity index (χ0) is 39.6. The van der Waals surface area contributed by atoms with Crippen LogP contribution in [-0.4, -0.2) is 48.3 Å². The zero-order valence-corrected chi connectivity index (χ0v) is 38.7. The van der Waals surface area contributed by atoms with Crippen LogP contribution >= 0.6 is 0 Å². The van der Waals surface area contributed by atoms with Gasteiger partial charge in [-0.25, -0.2) is 0 Å². The molecule has 0 N–H and O–H groups in total. The van der Waals surface area contributed by atoms with Crippen LogP contribution in [0.1, 0.15) is 126 Å². The summed E-state index contributed by atoms with van der Waals surface area (Å²) in [6.07, 6.45) is 17.9. The van der Waals surface area contributed by atoms with Crippen molar-refractivity contribution in [1.29, 1.82) is 0 Å². The van der Waals surface area contributed by atoms with Crippen molar-refractivity contribution in [3.63, 3.8) is 0 Å². The first kappa shape index (κ1) is 44.2. The monoisotopic (exact) mass is 763 g/mol. The van der Waals surface area contributed by atoms with Crippen molar-refractivity contribution in [1.82, 2.24) is 0 Å². The lowest BCUT2D eigenvalue weighted by molar-refractivity contribution is -0.0921. The van der Waals surface area contributed by atoms with E-state index in [0.29, 0.717) is 30.5 Å². The Morgan fingerprint density at radius 2 is 1.53 bits per heavy atom. The Morgan fingerprint density at radius 1 is 0.906 bits per heavy atom. The summed E-state index contributed by atoms with van der Waals surface area (Å²) < 4.78 is 25.5. The van der Waals surface area contributed by atoms with E-state index in [1.165, 1.54) is 48.8 Å². The zero-order valence-electron chi connectivity index (χ0n) is 36.7. The van der Waals surface area contributed by atoms with E-state index in [4.69, 9.17) is 24.9 Å². The van der Waals surface area contributed by atoms with Gasteiger partial charge in [0.05, 0.1) is 17.8 Å². The maximum Gasteiger partial charge on any atom is 0.192 e. The van der Waals surface area contributed by atoms with Gasteiger partial charge in [-0.1, -0.05) is 122 Å². The Kier molecular flexibility index (Phi) is 14.1. The third kappa shape index (κ3) is 10.5. The minimum atomic E-state index is -2.01. The molecule has 7 atom stereocenters. The fourth-order valence-corrected chi connectivity index (χ4v) is 11.7. The second-order valence-electron chi connectivity index (χ2n) is 20.7. The lowest BCUT2D eigenvalue weighted by atomic mass is 9.59. The van der Waals surface area contributed by atoms with Gasteiger partial charge in [0.25, 0.3) is 0 Å². The largest absolute Gasteiger partial charge is 0.413 e. The van der Waals surface area contributed by atoms with Gasteiger partial charge in [0.1, 0.15) is 6.79 Å². The summed E-state index contributed by atoms with van der Waals surface area (Å²) >= 11 is 0. The van der Waals surface area contributed by atoms with E-state index in [0.717, 1.165) is 12.8 Å². The van der Waals surface area contributed by atoms with E-state index in [2.05, 4.69) is 150 Å². The van der Waals surface area contributed by atoms with Crippen molar-refractivity contribution in [2.75, 3.05) is 13.9 Å². The Labute approximate surface area is 328 Å². The summed E-state index contributed by atoms with van der Waals surface area (Å²) in [7, 11) is -2.29. The SMILES string of the molecule is C=C1/C(=C\C=C2/CCC[C@]3(C)[C@@H]([C@H](C)[C@@H](/C=C/C(C)(C)OCOC)c4ccccc4)CC[C@@H]23)C[C@@H](O[Si](C)(C)C(C)(C)C)C[C@@H]1O[Si](C)(C)C(C)(C)C. The molecule has 6 heteroatoms. The number of hydrogen-bond acceptors (Lipinski definition) is 4. The fraction of sp³-hybridized carbons (Fsp3) is 0.702. The molecule has 4 nitrogen and oxygen atoms in total. The molecule has 0 amide bonds. The van der Waals surface area contributed by atoms with E-state index in [9.17, 15) is 0 Å². The average molecular weight is 763 g/mol. The van der Waals surface area contributed by atoms with Crippen molar-refractivity contribution in [2.24, 2.45) is 23.2 Å². The Bertz CT molecular complexity index is 1470. The summed E-state index contributed by atoms with van der Waals surface area (Å²) in [5, 5.41) is 0.299. The molecule has 3 fully saturated rings. The number of ether oxygens (including phenoxy) is 2. The predicted molar refractivity (Wildman–Crippen MR) is 231 cm³/mol. The maximum atomic E-state index is 7.15. The van der Waals surface area contributed by atoms with Crippen LogP contribution in [0, 0.1) is 23.2 Å². The molecule has 1 aromatic carbocycles. The Hall–Kier alpha value is -1.55. The first-order chi connectivity index (χ1) is 24.4. The van der Waals surface area contributed by atoms with E-state index in [1.54, 1.807) is 12.7 Å². The van der Waals surface area contributed by atoms with Crippen LogP contribution in [0.3, 0.4) is 0 Å². The molecule has 3 aliphatic rings. The van der Waals surface area contributed by atoms with Gasteiger partial charge in [-0.3, -0.25) is 0 Å². The van der Waals surface area contributed by atoms with Gasteiger partial charge in [0.2, 0.25) is 0 Å². The third-order valence-corrected chi connectivity index (χ3v) is 23.4. The summed E-state index contributed by atoms with van der Waals surface area (Å²) in [6.45, 7) is 38.0. The molecule has 3 saturated carbocycles. The van der Waals surface area contributed by atoms with Crippen LogP contribution in [0.25, 0.3) is 0 Å². The summed E-state index contributed by atoms with van der Waals surface area (Å²) in [5.41, 5.74) is 5.42. The van der Waals surface area contributed by atoms with Crippen LogP contribution in [0.5, 0.6) is 0 Å². The molecule has 0 heterocycles. The summed E-state index contributed by atoms with van der Waals surface area (Å²) in [6, 6.07) is 11.1. The molecular weight excluding hydrogens is 685 g/mol. The molecule has 1 aromatic rings. The van der Waals surface area contributed by atoms with Crippen LogP contribution in [0.15, 0.2) is 77.9 Å². The smallest absolute Gasteiger partial charge is 0.192 e. The molecule has 53 heavy (non-hydrogen) atoms. The van der Waals surface area contributed by atoms with Crippen molar-refractivity contribution in [3.05, 3.63) is 83.5 Å². The van der Waals surface area contributed by atoms with Gasteiger partial charge in [-0.2, -0.15) is 0 Å². The molecule has 0 bridgehead atoms. The van der Waals surface area contributed by atoms with Crippen LogP contribution < -0.4 is 0 Å². The second-order valence-corrected chi connectivity index (χ2v) is 30.2. The van der Waals surface area contributed by atoms with E-state index in [1.807, 2.05) is 0 Å². The lowest BCUT2D eigenvalue weighted by Crippen LogP contribution is -2.49. The standard InChI is InChI=1S/C47H78O4Si2/c1-34-38(31-39(50-52(13,14)44(3,4)5)32-43(34)51-53(15,16)45(6,7)8)25-24-37-23-20-29-47(11)41(26-27-42(37)47)35(2)40(36-21-18-17-19-22-36)28-30-46(9,10)49-33-48-12/h17-19,21-22,24-25,28,30,35,39-43H,1,20,23,26-27,29,31-33H2,2-16H3/b30-28+,37-24+,38-25-/t35-,39-,40-,41-,42+,43+,47-/m1/s1. The molecule has 4 rings (SSSR count). The minimum Gasteiger partial charge on any atom is -0.413 e. The number of hydrogen-bond donors (Lipinski definition) is 0. The quantitative estimate of drug-likeness (QED) is 0.114. The highest BCUT2D eigenvalue weighted by Crippen LogP contribution is 2.61. The van der Waals surface area contributed by atoms with Crippen LogP contribution in [-0.2, 0) is 18.3 Å². The van der Waals surface area contributed by atoms with Crippen molar-refractivity contribution < 1.29 is 18.3 Å². The average Bonchev–Trinajstić information content (AvgIpc) is 3.41. The number of methoxy groups -OCH3 is 1. The molecule has 0 saturated heterocycles.